The molecule has 1 aromatic rings. The van der Waals surface area contributed by atoms with Gasteiger partial charge in [0, 0.05) is 31.9 Å². The summed E-state index contributed by atoms with van der Waals surface area (Å²) in [7, 11) is 3.99. The van der Waals surface area contributed by atoms with E-state index < -0.39 is 0 Å². The fraction of sp³-hybridized carbons (Fsp3) is 0.600. The zero-order chi connectivity index (χ0) is 10.6. The molecule has 1 N–H and O–H groups in total. The van der Waals surface area contributed by atoms with Crippen molar-refractivity contribution in [2.45, 2.75) is 13.8 Å². The van der Waals surface area contributed by atoms with E-state index in [4.69, 9.17) is 0 Å². The minimum absolute atomic E-state index is 0.830. The van der Waals surface area contributed by atoms with Gasteiger partial charge in [0.25, 0.3) is 0 Å². The van der Waals surface area contributed by atoms with Gasteiger partial charge in [-0.1, -0.05) is 0 Å². The van der Waals surface area contributed by atoms with Crippen LogP contribution in [0, 0.1) is 13.8 Å². The van der Waals surface area contributed by atoms with E-state index in [2.05, 4.69) is 20.2 Å². The average molecular weight is 194 g/mol. The van der Waals surface area contributed by atoms with Crippen molar-refractivity contribution in [1.29, 1.82) is 0 Å². The molecule has 4 nitrogen and oxygen atoms in total. The van der Waals surface area contributed by atoms with Gasteiger partial charge in [0.05, 0.1) is 0 Å². The summed E-state index contributed by atoms with van der Waals surface area (Å²) < 4.78 is 0. The number of rotatable bonds is 4. The molecular weight excluding hydrogens is 176 g/mol. The van der Waals surface area contributed by atoms with Crippen molar-refractivity contribution < 1.29 is 0 Å². The fourth-order valence-corrected chi connectivity index (χ4v) is 1.29. The number of nitrogens with one attached hydrogen (secondary N) is 1. The number of aryl methyl sites for hydroxylation is 2. The molecular formula is C10H18N4. The zero-order valence-electron chi connectivity index (χ0n) is 9.33. The second-order valence-corrected chi connectivity index (χ2v) is 3.44. The Morgan fingerprint density at radius 3 is 2.64 bits per heavy atom. The summed E-state index contributed by atoms with van der Waals surface area (Å²) in [5, 5.41) is 3.11. The average Bonchev–Trinajstić information content (AvgIpc) is 2.12. The highest BCUT2D eigenvalue weighted by Gasteiger charge is 2.03. The van der Waals surface area contributed by atoms with Gasteiger partial charge < -0.3 is 10.2 Å². The standard InChI is InChI=1S/C10H18N4/c1-8-7-10(13-9(2)12-8)14(4)6-5-11-3/h7,11H,5-6H2,1-4H3. The maximum Gasteiger partial charge on any atom is 0.132 e. The van der Waals surface area contributed by atoms with E-state index in [9.17, 15) is 0 Å². The SMILES string of the molecule is CNCCN(C)c1cc(C)nc(C)n1. The molecule has 4 heteroatoms. The maximum absolute atomic E-state index is 4.37. The summed E-state index contributed by atoms with van der Waals surface area (Å²) in [6, 6.07) is 2.00. The first-order valence-electron chi connectivity index (χ1n) is 4.81. The summed E-state index contributed by atoms with van der Waals surface area (Å²) in [5.74, 6) is 1.82. The Hall–Kier alpha value is -1.16. The highest BCUT2D eigenvalue weighted by molar-refractivity contribution is 5.38. The summed E-state index contributed by atoms with van der Waals surface area (Å²) in [5.41, 5.74) is 1.02. The monoisotopic (exact) mass is 194 g/mol. The van der Waals surface area contributed by atoms with Gasteiger partial charge >= 0.3 is 0 Å². The third kappa shape index (κ3) is 2.96. The Balaban J connectivity index is 2.73. The first-order chi connectivity index (χ1) is 6.63. The molecule has 0 unspecified atom stereocenters. The number of hydrogen-bond donors (Lipinski definition) is 1. The topological polar surface area (TPSA) is 41.0 Å². The number of hydrogen-bond acceptors (Lipinski definition) is 4. The lowest BCUT2D eigenvalue weighted by atomic mass is 10.4. The highest BCUT2D eigenvalue weighted by atomic mass is 15.2. The third-order valence-electron chi connectivity index (χ3n) is 2.04. The van der Waals surface area contributed by atoms with Crippen molar-refractivity contribution >= 4 is 5.82 Å². The molecule has 78 valence electrons. The van der Waals surface area contributed by atoms with Crippen molar-refractivity contribution in [3.8, 4) is 0 Å². The molecule has 1 heterocycles. The van der Waals surface area contributed by atoms with Gasteiger partial charge in [0.1, 0.15) is 11.6 Å². The van der Waals surface area contributed by atoms with Crippen LogP contribution in [-0.4, -0.2) is 37.2 Å². The molecule has 1 aromatic heterocycles. The Morgan fingerprint density at radius 2 is 2.07 bits per heavy atom. The van der Waals surface area contributed by atoms with Crippen LogP contribution in [0.1, 0.15) is 11.5 Å². The second kappa shape index (κ2) is 4.91. The lowest BCUT2D eigenvalue weighted by Crippen LogP contribution is -2.28. The van der Waals surface area contributed by atoms with Gasteiger partial charge in [-0.2, -0.15) is 0 Å². The Kier molecular flexibility index (Phi) is 3.83. The van der Waals surface area contributed by atoms with E-state index in [0.29, 0.717) is 0 Å². The van der Waals surface area contributed by atoms with E-state index in [0.717, 1.165) is 30.4 Å². The molecule has 0 atom stereocenters. The Bertz CT molecular complexity index is 278. The second-order valence-electron chi connectivity index (χ2n) is 3.44. The van der Waals surface area contributed by atoms with Crippen LogP contribution in [0.3, 0.4) is 0 Å². The molecule has 0 aliphatic carbocycles. The minimum atomic E-state index is 0.830. The molecule has 0 radical (unpaired) electrons. The van der Waals surface area contributed by atoms with Gasteiger partial charge in [-0.05, 0) is 20.9 Å². The normalized spacial score (nSPS) is 10.3. The summed E-state index contributed by atoms with van der Waals surface area (Å²) in [6.07, 6.45) is 0. The fourth-order valence-electron chi connectivity index (χ4n) is 1.29. The van der Waals surface area contributed by atoms with Crippen molar-refractivity contribution in [2.75, 3.05) is 32.1 Å². The van der Waals surface area contributed by atoms with Crippen molar-refractivity contribution in [3.05, 3.63) is 17.6 Å². The van der Waals surface area contributed by atoms with Gasteiger partial charge in [-0.15, -0.1) is 0 Å². The molecule has 0 saturated carbocycles. The Morgan fingerprint density at radius 1 is 1.36 bits per heavy atom. The molecule has 0 saturated heterocycles. The van der Waals surface area contributed by atoms with E-state index in [1.807, 2.05) is 34.0 Å². The van der Waals surface area contributed by atoms with E-state index >= 15 is 0 Å². The van der Waals surface area contributed by atoms with Gasteiger partial charge in [-0.3, -0.25) is 0 Å². The van der Waals surface area contributed by atoms with Gasteiger partial charge in [0.15, 0.2) is 0 Å². The molecule has 0 amide bonds. The predicted molar refractivity (Wildman–Crippen MR) is 58.7 cm³/mol. The summed E-state index contributed by atoms with van der Waals surface area (Å²) in [6.45, 7) is 5.82. The van der Waals surface area contributed by atoms with E-state index in [1.165, 1.54) is 0 Å². The van der Waals surface area contributed by atoms with Gasteiger partial charge in [0.2, 0.25) is 0 Å². The van der Waals surface area contributed by atoms with Crippen LogP contribution in [0.5, 0.6) is 0 Å². The lowest BCUT2D eigenvalue weighted by molar-refractivity contribution is 0.757. The van der Waals surface area contributed by atoms with Crippen molar-refractivity contribution in [1.82, 2.24) is 15.3 Å². The van der Waals surface area contributed by atoms with Crippen molar-refractivity contribution in [3.63, 3.8) is 0 Å². The van der Waals surface area contributed by atoms with Crippen LogP contribution in [0.2, 0.25) is 0 Å². The smallest absolute Gasteiger partial charge is 0.132 e. The van der Waals surface area contributed by atoms with Crippen LogP contribution in [0.25, 0.3) is 0 Å². The summed E-state index contributed by atoms with van der Waals surface area (Å²) >= 11 is 0. The van der Waals surface area contributed by atoms with Crippen LogP contribution in [0.4, 0.5) is 5.82 Å². The number of likely N-dealkylation sites (N-methyl/N-ethyl adjacent to an activating group) is 2. The van der Waals surface area contributed by atoms with E-state index in [-0.39, 0.29) is 0 Å². The molecule has 0 fully saturated rings. The molecule has 0 aliphatic heterocycles. The summed E-state index contributed by atoms with van der Waals surface area (Å²) in [4.78, 5) is 10.7. The van der Waals surface area contributed by atoms with Crippen LogP contribution >= 0.6 is 0 Å². The molecule has 0 aliphatic rings. The number of aromatic nitrogens is 2. The molecule has 0 spiro atoms. The number of anilines is 1. The Labute approximate surface area is 85.4 Å². The third-order valence-corrected chi connectivity index (χ3v) is 2.04. The largest absolute Gasteiger partial charge is 0.358 e. The first kappa shape index (κ1) is 10.9. The predicted octanol–water partition coefficient (Wildman–Crippen LogP) is 0.749. The molecule has 0 aromatic carbocycles. The van der Waals surface area contributed by atoms with Gasteiger partial charge in [-0.25, -0.2) is 9.97 Å². The zero-order valence-corrected chi connectivity index (χ0v) is 9.33. The van der Waals surface area contributed by atoms with Crippen LogP contribution in [0.15, 0.2) is 6.07 Å². The maximum atomic E-state index is 4.37. The first-order valence-corrected chi connectivity index (χ1v) is 4.81. The quantitative estimate of drug-likeness (QED) is 0.768. The van der Waals surface area contributed by atoms with Crippen LogP contribution in [-0.2, 0) is 0 Å². The van der Waals surface area contributed by atoms with Crippen molar-refractivity contribution in [2.24, 2.45) is 0 Å². The van der Waals surface area contributed by atoms with E-state index in [1.54, 1.807) is 0 Å². The minimum Gasteiger partial charge on any atom is -0.358 e. The molecule has 0 bridgehead atoms. The molecule has 1 rings (SSSR count). The molecule has 14 heavy (non-hydrogen) atoms. The number of nitrogens with zero attached hydrogens (tertiary/aromatic N) is 3. The highest BCUT2D eigenvalue weighted by Crippen LogP contribution is 2.09. The lowest BCUT2D eigenvalue weighted by Gasteiger charge is -2.18. The van der Waals surface area contributed by atoms with Crippen LogP contribution < -0.4 is 10.2 Å².